The van der Waals surface area contributed by atoms with Gasteiger partial charge in [-0.05, 0) is 24.6 Å². The maximum absolute atomic E-state index is 12.5. The molecule has 0 bridgehead atoms. The van der Waals surface area contributed by atoms with Crippen molar-refractivity contribution in [2.45, 2.75) is 25.7 Å². The number of alkyl halides is 3. The minimum Gasteiger partial charge on any atom is -0.386 e. The van der Waals surface area contributed by atoms with Crippen LogP contribution in [-0.4, -0.2) is 14.9 Å². The van der Waals surface area contributed by atoms with Crippen molar-refractivity contribution < 1.29 is 18.3 Å². The van der Waals surface area contributed by atoms with Crippen LogP contribution in [-0.2, 0) is 12.7 Å². The molecule has 22 heavy (non-hydrogen) atoms. The van der Waals surface area contributed by atoms with Crippen molar-refractivity contribution in [2.24, 2.45) is 0 Å². The van der Waals surface area contributed by atoms with E-state index in [-0.39, 0.29) is 17.9 Å². The predicted octanol–water partition coefficient (Wildman–Crippen LogP) is 2.40. The minimum absolute atomic E-state index is 0.0558. The molecule has 2 rings (SSSR count). The van der Waals surface area contributed by atoms with Crippen LogP contribution in [0.1, 0.15) is 28.5 Å². The van der Waals surface area contributed by atoms with Gasteiger partial charge in [0.15, 0.2) is 0 Å². The summed E-state index contributed by atoms with van der Waals surface area (Å²) < 4.78 is 38.7. The number of aryl methyl sites for hydroxylation is 1. The summed E-state index contributed by atoms with van der Waals surface area (Å²) in [5.74, 6) is 0.117. The Bertz CT molecular complexity index is 713. The molecule has 5 nitrogen and oxygen atoms in total. The van der Waals surface area contributed by atoms with Crippen LogP contribution in [0.15, 0.2) is 24.3 Å². The van der Waals surface area contributed by atoms with Crippen molar-refractivity contribution in [3.8, 4) is 6.07 Å². The predicted molar refractivity (Wildman–Crippen MR) is 72.5 cm³/mol. The average molecular weight is 310 g/mol. The quantitative estimate of drug-likeness (QED) is 0.911. The average Bonchev–Trinajstić information content (AvgIpc) is 2.72. The van der Waals surface area contributed by atoms with Crippen LogP contribution in [0.4, 0.5) is 19.0 Å². The fourth-order valence-corrected chi connectivity index (χ4v) is 2.04. The summed E-state index contributed by atoms with van der Waals surface area (Å²) in [6.07, 6.45) is -5.51. The first kappa shape index (κ1) is 15.9. The molecule has 1 heterocycles. The Morgan fingerprint density at radius 1 is 1.36 bits per heavy atom. The van der Waals surface area contributed by atoms with E-state index >= 15 is 0 Å². The third kappa shape index (κ3) is 3.04. The highest BCUT2D eigenvalue weighted by molar-refractivity contribution is 5.51. The Balaban J connectivity index is 2.20. The molecule has 3 N–H and O–H groups in total. The zero-order valence-electron chi connectivity index (χ0n) is 11.6. The van der Waals surface area contributed by atoms with Gasteiger partial charge in [-0.15, -0.1) is 0 Å². The van der Waals surface area contributed by atoms with Crippen LogP contribution in [0.3, 0.4) is 0 Å². The number of aliphatic hydroxyl groups is 1. The van der Waals surface area contributed by atoms with Gasteiger partial charge in [0, 0.05) is 0 Å². The fourth-order valence-electron chi connectivity index (χ4n) is 2.04. The monoisotopic (exact) mass is 310 g/mol. The van der Waals surface area contributed by atoms with Crippen molar-refractivity contribution in [3.05, 3.63) is 46.6 Å². The van der Waals surface area contributed by atoms with E-state index in [1.807, 2.05) is 6.07 Å². The van der Waals surface area contributed by atoms with Gasteiger partial charge in [-0.3, -0.25) is 0 Å². The number of nitrogen functional groups attached to an aromatic ring is 1. The van der Waals surface area contributed by atoms with Gasteiger partial charge in [0.05, 0.1) is 23.9 Å². The largest absolute Gasteiger partial charge is 0.416 e. The van der Waals surface area contributed by atoms with Crippen molar-refractivity contribution in [1.29, 1.82) is 5.26 Å². The van der Waals surface area contributed by atoms with E-state index in [0.29, 0.717) is 11.3 Å². The number of aromatic nitrogens is 2. The molecule has 1 unspecified atom stereocenters. The zero-order chi connectivity index (χ0) is 16.5. The second-order valence-corrected chi connectivity index (χ2v) is 4.78. The number of anilines is 1. The first-order chi connectivity index (χ1) is 10.2. The topological polar surface area (TPSA) is 87.9 Å². The number of aliphatic hydroxyl groups excluding tert-OH is 1. The first-order valence-electron chi connectivity index (χ1n) is 6.32. The van der Waals surface area contributed by atoms with Crippen LogP contribution in [0.5, 0.6) is 0 Å². The summed E-state index contributed by atoms with van der Waals surface area (Å²) in [4.78, 5) is 0. The molecule has 0 saturated heterocycles. The van der Waals surface area contributed by atoms with E-state index in [0.717, 1.165) is 12.1 Å². The molecule has 1 aromatic carbocycles. The number of nitrogens with two attached hydrogens (primary N) is 1. The molecule has 0 aliphatic rings. The second-order valence-electron chi connectivity index (χ2n) is 4.78. The number of benzene rings is 1. The minimum atomic E-state index is -4.42. The number of hydrogen-bond donors (Lipinski definition) is 2. The normalized spacial score (nSPS) is 12.9. The summed E-state index contributed by atoms with van der Waals surface area (Å²) >= 11 is 0. The SMILES string of the molecule is Cc1nn(CC(O)c2ccc(C(F)(F)F)cc2)c(N)c1C#N. The third-order valence-electron chi connectivity index (χ3n) is 3.25. The van der Waals surface area contributed by atoms with E-state index in [4.69, 9.17) is 11.0 Å². The lowest BCUT2D eigenvalue weighted by molar-refractivity contribution is -0.137. The third-order valence-corrected chi connectivity index (χ3v) is 3.25. The van der Waals surface area contributed by atoms with Crippen molar-refractivity contribution >= 4 is 5.82 Å². The summed E-state index contributed by atoms with van der Waals surface area (Å²) in [6, 6.07) is 6.10. The summed E-state index contributed by atoms with van der Waals surface area (Å²) in [6.45, 7) is 1.55. The Kier molecular flexibility index (Phi) is 4.10. The lowest BCUT2D eigenvalue weighted by atomic mass is 10.1. The molecule has 0 amide bonds. The van der Waals surface area contributed by atoms with E-state index in [1.54, 1.807) is 6.92 Å². The number of hydrogen-bond acceptors (Lipinski definition) is 4. The Morgan fingerprint density at radius 3 is 2.41 bits per heavy atom. The van der Waals surface area contributed by atoms with Gasteiger partial charge in [0.1, 0.15) is 17.5 Å². The maximum Gasteiger partial charge on any atom is 0.416 e. The first-order valence-corrected chi connectivity index (χ1v) is 6.32. The number of halogens is 3. The number of nitriles is 1. The van der Waals surface area contributed by atoms with Crippen LogP contribution >= 0.6 is 0 Å². The number of nitrogens with zero attached hydrogens (tertiary/aromatic N) is 3. The highest BCUT2D eigenvalue weighted by Crippen LogP contribution is 2.30. The molecule has 0 radical (unpaired) electrons. The Labute approximate surface area is 124 Å². The van der Waals surface area contributed by atoms with E-state index in [9.17, 15) is 18.3 Å². The molecule has 2 aromatic rings. The highest BCUT2D eigenvalue weighted by atomic mass is 19.4. The highest BCUT2D eigenvalue weighted by Gasteiger charge is 2.30. The van der Waals surface area contributed by atoms with Gasteiger partial charge >= 0.3 is 6.18 Å². The maximum atomic E-state index is 12.5. The van der Waals surface area contributed by atoms with Gasteiger partial charge in [-0.2, -0.15) is 23.5 Å². The molecule has 1 aromatic heterocycles. The summed E-state index contributed by atoms with van der Waals surface area (Å²) in [5, 5.41) is 23.0. The molecular weight excluding hydrogens is 297 g/mol. The molecule has 1 atom stereocenters. The van der Waals surface area contributed by atoms with Crippen molar-refractivity contribution in [2.75, 3.05) is 5.73 Å². The number of rotatable bonds is 3. The standard InChI is InChI=1S/C14H13F3N4O/c1-8-11(6-18)13(19)21(20-8)7-12(22)9-2-4-10(5-3-9)14(15,16)17/h2-5,12,22H,7,19H2,1H3. The van der Waals surface area contributed by atoms with E-state index in [1.165, 1.54) is 16.8 Å². The zero-order valence-corrected chi connectivity index (χ0v) is 11.6. The lowest BCUT2D eigenvalue weighted by Gasteiger charge is -2.13. The smallest absolute Gasteiger partial charge is 0.386 e. The van der Waals surface area contributed by atoms with Crippen LogP contribution in [0.25, 0.3) is 0 Å². The van der Waals surface area contributed by atoms with Gasteiger partial charge in [0.25, 0.3) is 0 Å². The second kappa shape index (κ2) is 5.69. The molecule has 0 spiro atoms. The Hall–Kier alpha value is -2.53. The van der Waals surface area contributed by atoms with Gasteiger partial charge in [0.2, 0.25) is 0 Å². The fraction of sp³-hybridized carbons (Fsp3) is 0.286. The van der Waals surface area contributed by atoms with Gasteiger partial charge in [-0.1, -0.05) is 12.1 Å². The van der Waals surface area contributed by atoms with E-state index in [2.05, 4.69) is 5.10 Å². The Morgan fingerprint density at radius 2 is 1.95 bits per heavy atom. The van der Waals surface area contributed by atoms with Crippen LogP contribution < -0.4 is 5.73 Å². The molecule has 8 heteroatoms. The van der Waals surface area contributed by atoms with E-state index < -0.39 is 17.8 Å². The summed E-state index contributed by atoms with van der Waals surface area (Å²) in [5.41, 5.74) is 5.91. The van der Waals surface area contributed by atoms with Crippen LogP contribution in [0, 0.1) is 18.3 Å². The van der Waals surface area contributed by atoms with Crippen LogP contribution in [0.2, 0.25) is 0 Å². The molecule has 0 saturated carbocycles. The summed E-state index contributed by atoms with van der Waals surface area (Å²) in [7, 11) is 0. The molecule has 0 fully saturated rings. The van der Waals surface area contributed by atoms with Crippen molar-refractivity contribution in [1.82, 2.24) is 9.78 Å². The molecule has 0 aliphatic carbocycles. The molecule has 116 valence electrons. The molecular formula is C14H13F3N4O. The van der Waals surface area contributed by atoms with Gasteiger partial charge < -0.3 is 10.8 Å². The molecule has 0 aliphatic heterocycles. The lowest BCUT2D eigenvalue weighted by Crippen LogP contribution is -2.13. The van der Waals surface area contributed by atoms with Crippen molar-refractivity contribution in [3.63, 3.8) is 0 Å². The van der Waals surface area contributed by atoms with Gasteiger partial charge in [-0.25, -0.2) is 4.68 Å².